The molecule has 2 rings (SSSR count). The van der Waals surface area contributed by atoms with Gasteiger partial charge in [0, 0.05) is 6.54 Å². The number of nitrogens with two attached hydrogens (primary N) is 1. The number of benzene rings is 1. The van der Waals surface area contributed by atoms with Crippen LogP contribution in [0.3, 0.4) is 0 Å². The molecule has 1 saturated heterocycles. The Morgan fingerprint density at radius 1 is 1.18 bits per heavy atom. The predicted molar refractivity (Wildman–Crippen MR) is 72.9 cm³/mol. The molecule has 17 heavy (non-hydrogen) atoms. The fourth-order valence-corrected chi connectivity index (χ4v) is 2.87. The van der Waals surface area contributed by atoms with E-state index in [1.807, 2.05) is 0 Å². The Kier molecular flexibility index (Phi) is 4.19. The molecule has 1 fully saturated rings. The van der Waals surface area contributed by atoms with E-state index >= 15 is 0 Å². The van der Waals surface area contributed by atoms with Gasteiger partial charge >= 0.3 is 0 Å². The molecule has 2 nitrogen and oxygen atoms in total. The molecule has 0 radical (unpaired) electrons. The number of hydrogen-bond donors (Lipinski definition) is 1. The van der Waals surface area contributed by atoms with E-state index in [1.54, 1.807) is 0 Å². The third-order valence-corrected chi connectivity index (χ3v) is 3.75. The molecule has 0 aliphatic carbocycles. The van der Waals surface area contributed by atoms with Crippen LogP contribution >= 0.6 is 0 Å². The van der Waals surface area contributed by atoms with E-state index < -0.39 is 0 Å². The molecule has 2 N–H and O–H groups in total. The lowest BCUT2D eigenvalue weighted by Crippen LogP contribution is -2.46. The van der Waals surface area contributed by atoms with Crippen molar-refractivity contribution >= 4 is 0 Å². The lowest BCUT2D eigenvalue weighted by molar-refractivity contribution is 0.235. The Balaban J connectivity index is 2.13. The highest BCUT2D eigenvalue weighted by molar-refractivity contribution is 5.24. The molecular weight excluding hydrogens is 208 g/mol. The summed E-state index contributed by atoms with van der Waals surface area (Å²) >= 11 is 0. The largest absolute Gasteiger partial charge is 0.320 e. The normalized spacial score (nSPS) is 20.4. The monoisotopic (exact) mass is 232 g/mol. The third kappa shape index (κ3) is 3.08. The first-order valence-corrected chi connectivity index (χ1v) is 6.81. The maximum Gasteiger partial charge on any atom is 0.0538 e. The zero-order chi connectivity index (χ0) is 12.1. The van der Waals surface area contributed by atoms with Crippen molar-refractivity contribution in [3.8, 4) is 0 Å². The minimum Gasteiger partial charge on any atom is -0.320 e. The van der Waals surface area contributed by atoms with Crippen molar-refractivity contribution in [3.05, 3.63) is 35.9 Å². The highest BCUT2D eigenvalue weighted by Crippen LogP contribution is 2.26. The minimum absolute atomic E-state index is 0.166. The Hall–Kier alpha value is -0.860. The van der Waals surface area contributed by atoms with Crippen LogP contribution in [0.1, 0.15) is 38.2 Å². The lowest BCUT2D eigenvalue weighted by atomic mass is 9.86. The summed E-state index contributed by atoms with van der Waals surface area (Å²) < 4.78 is 0. The van der Waals surface area contributed by atoms with Crippen molar-refractivity contribution in [3.63, 3.8) is 0 Å². The number of rotatable bonds is 5. The van der Waals surface area contributed by atoms with Gasteiger partial charge in [0.25, 0.3) is 0 Å². The zero-order valence-electron chi connectivity index (χ0n) is 10.9. The zero-order valence-corrected chi connectivity index (χ0v) is 10.9. The summed E-state index contributed by atoms with van der Waals surface area (Å²) in [5.41, 5.74) is 7.79. The molecule has 94 valence electrons. The minimum atomic E-state index is -0.166. The van der Waals surface area contributed by atoms with Gasteiger partial charge in [-0.25, -0.2) is 0 Å². The first kappa shape index (κ1) is 12.6. The van der Waals surface area contributed by atoms with E-state index in [0.29, 0.717) is 0 Å². The van der Waals surface area contributed by atoms with Gasteiger partial charge in [-0.3, -0.25) is 0 Å². The van der Waals surface area contributed by atoms with E-state index in [0.717, 1.165) is 19.4 Å². The summed E-state index contributed by atoms with van der Waals surface area (Å²) in [7, 11) is 0. The maximum absolute atomic E-state index is 6.67. The van der Waals surface area contributed by atoms with Gasteiger partial charge in [-0.05, 0) is 37.9 Å². The summed E-state index contributed by atoms with van der Waals surface area (Å²) in [6.45, 7) is 5.66. The molecule has 1 heterocycles. The fourth-order valence-electron chi connectivity index (χ4n) is 2.87. The van der Waals surface area contributed by atoms with Crippen LogP contribution < -0.4 is 5.73 Å². The standard InChI is InChI=1S/C15H24N2/c1-2-10-15(16,13-17-11-6-7-12-17)14-8-4-3-5-9-14/h3-5,8-9H,2,6-7,10-13,16H2,1H3. The Morgan fingerprint density at radius 2 is 1.82 bits per heavy atom. The average Bonchev–Trinajstić information content (AvgIpc) is 2.83. The van der Waals surface area contributed by atoms with Crippen molar-refractivity contribution in [2.24, 2.45) is 5.73 Å². The first-order chi connectivity index (χ1) is 8.24. The summed E-state index contributed by atoms with van der Waals surface area (Å²) in [6, 6.07) is 10.6. The highest BCUT2D eigenvalue weighted by Gasteiger charge is 2.29. The van der Waals surface area contributed by atoms with Crippen LogP contribution in [0.15, 0.2) is 30.3 Å². The molecule has 0 spiro atoms. The smallest absolute Gasteiger partial charge is 0.0538 e. The summed E-state index contributed by atoms with van der Waals surface area (Å²) in [5.74, 6) is 0. The molecule has 1 unspecified atom stereocenters. The van der Waals surface area contributed by atoms with Crippen LogP contribution in [0.25, 0.3) is 0 Å². The second-order valence-corrected chi connectivity index (χ2v) is 5.26. The molecule has 0 bridgehead atoms. The van der Waals surface area contributed by atoms with E-state index in [9.17, 15) is 0 Å². The van der Waals surface area contributed by atoms with E-state index in [1.165, 1.54) is 31.5 Å². The second kappa shape index (κ2) is 5.65. The van der Waals surface area contributed by atoms with Gasteiger partial charge < -0.3 is 10.6 Å². The van der Waals surface area contributed by atoms with E-state index in [-0.39, 0.29) is 5.54 Å². The molecule has 2 heteroatoms. The van der Waals surface area contributed by atoms with Gasteiger partial charge in [0.05, 0.1) is 5.54 Å². The molecule has 1 aromatic rings. The number of likely N-dealkylation sites (tertiary alicyclic amines) is 1. The van der Waals surface area contributed by atoms with Gasteiger partial charge in [0.2, 0.25) is 0 Å². The van der Waals surface area contributed by atoms with Crippen LogP contribution in [0.2, 0.25) is 0 Å². The van der Waals surface area contributed by atoms with Crippen molar-refractivity contribution in [2.75, 3.05) is 19.6 Å². The predicted octanol–water partition coefficient (Wildman–Crippen LogP) is 2.74. The third-order valence-electron chi connectivity index (χ3n) is 3.75. The van der Waals surface area contributed by atoms with Crippen LogP contribution in [-0.2, 0) is 5.54 Å². The van der Waals surface area contributed by atoms with E-state index in [2.05, 4.69) is 42.2 Å². The van der Waals surface area contributed by atoms with Crippen LogP contribution in [0.4, 0.5) is 0 Å². The molecule has 1 atom stereocenters. The van der Waals surface area contributed by atoms with Gasteiger partial charge in [-0.2, -0.15) is 0 Å². The molecule has 0 aromatic heterocycles. The van der Waals surface area contributed by atoms with Gasteiger partial charge in [-0.1, -0.05) is 43.7 Å². The van der Waals surface area contributed by atoms with Gasteiger partial charge in [0.15, 0.2) is 0 Å². The van der Waals surface area contributed by atoms with Crippen LogP contribution in [0.5, 0.6) is 0 Å². The fraction of sp³-hybridized carbons (Fsp3) is 0.600. The molecule has 1 aliphatic heterocycles. The molecule has 1 aromatic carbocycles. The van der Waals surface area contributed by atoms with Crippen LogP contribution in [-0.4, -0.2) is 24.5 Å². The summed E-state index contributed by atoms with van der Waals surface area (Å²) in [4.78, 5) is 2.52. The second-order valence-electron chi connectivity index (χ2n) is 5.26. The van der Waals surface area contributed by atoms with Gasteiger partial charge in [0.1, 0.15) is 0 Å². The average molecular weight is 232 g/mol. The van der Waals surface area contributed by atoms with E-state index in [4.69, 9.17) is 5.73 Å². The van der Waals surface area contributed by atoms with Crippen LogP contribution in [0, 0.1) is 0 Å². The van der Waals surface area contributed by atoms with Crippen molar-refractivity contribution < 1.29 is 0 Å². The quantitative estimate of drug-likeness (QED) is 0.846. The molecule has 0 saturated carbocycles. The Morgan fingerprint density at radius 3 is 2.41 bits per heavy atom. The number of nitrogens with zero attached hydrogens (tertiary/aromatic N) is 1. The SMILES string of the molecule is CCCC(N)(CN1CCCC1)c1ccccc1. The maximum atomic E-state index is 6.67. The summed E-state index contributed by atoms with van der Waals surface area (Å²) in [6.07, 6.45) is 4.86. The van der Waals surface area contributed by atoms with Crippen molar-refractivity contribution in [1.29, 1.82) is 0 Å². The Labute approximate surface area is 105 Å². The Bertz CT molecular complexity index is 330. The molecule has 1 aliphatic rings. The molecule has 0 amide bonds. The first-order valence-electron chi connectivity index (χ1n) is 6.81. The summed E-state index contributed by atoms with van der Waals surface area (Å²) in [5, 5.41) is 0. The van der Waals surface area contributed by atoms with Crippen molar-refractivity contribution in [2.45, 2.75) is 38.1 Å². The van der Waals surface area contributed by atoms with Gasteiger partial charge in [-0.15, -0.1) is 0 Å². The lowest BCUT2D eigenvalue weighted by Gasteiger charge is -2.34. The molecular formula is C15H24N2. The highest BCUT2D eigenvalue weighted by atomic mass is 15.2. The number of hydrogen-bond acceptors (Lipinski definition) is 2. The topological polar surface area (TPSA) is 29.3 Å². The van der Waals surface area contributed by atoms with Crippen molar-refractivity contribution in [1.82, 2.24) is 4.90 Å².